The number of carbonyl (C=O) groups is 1. The van der Waals surface area contributed by atoms with Crippen LogP contribution in [0.4, 0.5) is 0 Å². The molecule has 150 valence electrons. The van der Waals surface area contributed by atoms with E-state index < -0.39 is 5.91 Å². The zero-order chi connectivity index (χ0) is 20.0. The monoisotopic (exact) mass is 411 g/mol. The van der Waals surface area contributed by atoms with Gasteiger partial charge in [-0.2, -0.15) is 5.10 Å². The number of rotatable bonds is 7. The number of likely N-dealkylation sites (tertiary alicyclic amines) is 1. The molecule has 2 aromatic heterocycles. The molecule has 5 rings (SSSR count). The van der Waals surface area contributed by atoms with Gasteiger partial charge in [0.05, 0.1) is 24.5 Å². The van der Waals surface area contributed by atoms with Crippen LogP contribution in [0.15, 0.2) is 36.7 Å². The van der Waals surface area contributed by atoms with E-state index in [0.29, 0.717) is 18.3 Å². The van der Waals surface area contributed by atoms with Crippen LogP contribution in [0.2, 0.25) is 5.02 Å². The number of benzene rings is 1. The molecule has 1 saturated heterocycles. The Balaban J connectivity index is 1.21. The number of nitrogens with zero attached hydrogens (tertiary/aromatic N) is 6. The number of amides is 1. The number of halogens is 1. The minimum absolute atomic E-state index is 0.247. The van der Waals surface area contributed by atoms with Gasteiger partial charge >= 0.3 is 0 Å². The van der Waals surface area contributed by atoms with Gasteiger partial charge in [0.2, 0.25) is 0 Å². The number of hydrogen-bond acceptors (Lipinski definition) is 5. The van der Waals surface area contributed by atoms with E-state index >= 15 is 0 Å². The summed E-state index contributed by atoms with van der Waals surface area (Å²) in [5.41, 5.74) is 9.08. The molecule has 8 nitrogen and oxygen atoms in total. The minimum Gasteiger partial charge on any atom is -0.364 e. The summed E-state index contributed by atoms with van der Waals surface area (Å²) in [6.07, 6.45) is 6.18. The van der Waals surface area contributed by atoms with Crippen LogP contribution in [0, 0.1) is 0 Å². The highest BCUT2D eigenvalue weighted by Gasteiger charge is 2.38. The van der Waals surface area contributed by atoms with Crippen LogP contribution in [-0.4, -0.2) is 48.7 Å². The van der Waals surface area contributed by atoms with Crippen molar-refractivity contribution in [3.05, 3.63) is 64.2 Å². The first-order chi connectivity index (χ1) is 14.1. The van der Waals surface area contributed by atoms with Gasteiger partial charge in [-0.05, 0) is 30.5 Å². The van der Waals surface area contributed by atoms with E-state index in [9.17, 15) is 4.79 Å². The van der Waals surface area contributed by atoms with Gasteiger partial charge in [-0.3, -0.25) is 14.4 Å². The summed E-state index contributed by atoms with van der Waals surface area (Å²) in [5.74, 6) is -0.244. The summed E-state index contributed by atoms with van der Waals surface area (Å²) in [4.78, 5) is 14.1. The summed E-state index contributed by atoms with van der Waals surface area (Å²) >= 11 is 5.94. The van der Waals surface area contributed by atoms with E-state index in [0.717, 1.165) is 48.8 Å². The maximum Gasteiger partial charge on any atom is 0.271 e. The summed E-state index contributed by atoms with van der Waals surface area (Å²) in [5, 5.41) is 13.4. The van der Waals surface area contributed by atoms with Crippen LogP contribution in [0.5, 0.6) is 0 Å². The highest BCUT2D eigenvalue weighted by atomic mass is 35.5. The van der Waals surface area contributed by atoms with Gasteiger partial charge in [0.15, 0.2) is 5.69 Å². The predicted octanol–water partition coefficient (Wildman–Crippen LogP) is 2.21. The standard InChI is InChI=1S/C20H22ClN7O/c21-16-3-1-13(2-4-16)9-27-10-14(7-23-27)8-26-11-15(12-26)19-18(20(22)29)24-25-28(19)17-5-6-17/h1-4,7,10,15,17H,5-6,8-9,11-12H2,(H2,22,29). The maximum atomic E-state index is 11.7. The van der Waals surface area contributed by atoms with Crippen LogP contribution in [0.25, 0.3) is 0 Å². The molecule has 0 atom stereocenters. The molecule has 1 saturated carbocycles. The van der Waals surface area contributed by atoms with Crippen LogP contribution in [0.1, 0.15) is 52.1 Å². The molecular weight excluding hydrogens is 390 g/mol. The Morgan fingerprint density at radius 2 is 1.90 bits per heavy atom. The summed E-state index contributed by atoms with van der Waals surface area (Å²) < 4.78 is 3.86. The number of aromatic nitrogens is 5. The summed E-state index contributed by atoms with van der Waals surface area (Å²) in [6.45, 7) is 3.27. The average molecular weight is 412 g/mol. The fourth-order valence-corrected chi connectivity index (χ4v) is 4.05. The van der Waals surface area contributed by atoms with Gasteiger partial charge < -0.3 is 5.73 Å². The molecule has 1 amide bonds. The molecule has 0 unspecified atom stereocenters. The lowest BCUT2D eigenvalue weighted by Crippen LogP contribution is -2.45. The van der Waals surface area contributed by atoms with E-state index in [-0.39, 0.29) is 5.92 Å². The zero-order valence-electron chi connectivity index (χ0n) is 15.9. The average Bonchev–Trinajstić information content (AvgIpc) is 3.26. The molecule has 0 radical (unpaired) electrons. The largest absolute Gasteiger partial charge is 0.364 e. The zero-order valence-corrected chi connectivity index (χ0v) is 16.7. The Morgan fingerprint density at radius 3 is 2.59 bits per heavy atom. The molecule has 2 fully saturated rings. The topological polar surface area (TPSA) is 94.9 Å². The fourth-order valence-electron chi connectivity index (χ4n) is 3.93. The quantitative estimate of drug-likeness (QED) is 0.643. The van der Waals surface area contributed by atoms with Crippen LogP contribution < -0.4 is 5.73 Å². The van der Waals surface area contributed by atoms with Crippen molar-refractivity contribution in [2.45, 2.75) is 37.9 Å². The lowest BCUT2D eigenvalue weighted by atomic mass is 9.93. The van der Waals surface area contributed by atoms with Crippen LogP contribution in [0.3, 0.4) is 0 Å². The first kappa shape index (κ1) is 18.3. The third-order valence-electron chi connectivity index (χ3n) is 5.55. The second-order valence-corrected chi connectivity index (χ2v) is 8.36. The normalized spacial score (nSPS) is 17.4. The van der Waals surface area contributed by atoms with Gasteiger partial charge in [0.1, 0.15) is 0 Å². The van der Waals surface area contributed by atoms with E-state index in [1.54, 1.807) is 0 Å². The number of nitrogens with two attached hydrogens (primary N) is 1. The van der Waals surface area contributed by atoms with Gasteiger partial charge in [-0.15, -0.1) is 5.10 Å². The van der Waals surface area contributed by atoms with Gasteiger partial charge in [-0.25, -0.2) is 4.68 Å². The maximum absolute atomic E-state index is 11.7. The fraction of sp³-hybridized carbons (Fsp3) is 0.400. The first-order valence-electron chi connectivity index (χ1n) is 9.80. The smallest absolute Gasteiger partial charge is 0.271 e. The van der Waals surface area contributed by atoms with Gasteiger partial charge in [0, 0.05) is 42.3 Å². The van der Waals surface area contributed by atoms with E-state index in [4.69, 9.17) is 17.3 Å². The molecule has 2 aliphatic rings. The molecular formula is C20H22ClN7O. The van der Waals surface area contributed by atoms with Gasteiger partial charge in [0.25, 0.3) is 5.91 Å². The Hall–Kier alpha value is -2.71. The first-order valence-corrected chi connectivity index (χ1v) is 10.2. The van der Waals surface area contributed by atoms with Crippen molar-refractivity contribution in [3.8, 4) is 0 Å². The lowest BCUT2D eigenvalue weighted by Gasteiger charge is -2.39. The molecule has 1 aliphatic carbocycles. The highest BCUT2D eigenvalue weighted by molar-refractivity contribution is 6.30. The molecule has 3 aromatic rings. The van der Waals surface area contributed by atoms with Crippen LogP contribution >= 0.6 is 11.6 Å². The number of primary amides is 1. The molecule has 3 heterocycles. The van der Waals surface area contributed by atoms with Crippen molar-refractivity contribution in [1.29, 1.82) is 0 Å². The molecule has 29 heavy (non-hydrogen) atoms. The molecule has 9 heteroatoms. The molecule has 0 bridgehead atoms. The second-order valence-electron chi connectivity index (χ2n) is 7.93. The Kier molecular flexibility index (Phi) is 4.60. The number of carbonyl (C=O) groups excluding carboxylic acids is 1. The van der Waals surface area contributed by atoms with E-state index in [1.807, 2.05) is 39.8 Å². The number of hydrogen-bond donors (Lipinski definition) is 1. The SMILES string of the molecule is NC(=O)c1nnn(C2CC2)c1C1CN(Cc2cnn(Cc3ccc(Cl)cc3)c2)C1. The molecule has 1 aliphatic heterocycles. The van der Waals surface area contributed by atoms with Crippen molar-refractivity contribution < 1.29 is 4.79 Å². The van der Waals surface area contributed by atoms with Gasteiger partial charge in [-0.1, -0.05) is 28.9 Å². The third kappa shape index (κ3) is 3.77. The van der Waals surface area contributed by atoms with Crippen LogP contribution in [-0.2, 0) is 13.1 Å². The molecule has 2 N–H and O–H groups in total. The van der Waals surface area contributed by atoms with E-state index in [2.05, 4.69) is 26.5 Å². The lowest BCUT2D eigenvalue weighted by molar-refractivity contribution is 0.0986. The van der Waals surface area contributed by atoms with Crippen molar-refractivity contribution in [2.24, 2.45) is 5.73 Å². The Bertz CT molecular complexity index is 1030. The van der Waals surface area contributed by atoms with Crippen molar-refractivity contribution in [3.63, 3.8) is 0 Å². The summed E-state index contributed by atoms with van der Waals surface area (Å²) in [6, 6.07) is 8.19. The van der Waals surface area contributed by atoms with E-state index in [1.165, 1.54) is 5.56 Å². The second kappa shape index (κ2) is 7.27. The van der Waals surface area contributed by atoms with Crippen molar-refractivity contribution >= 4 is 17.5 Å². The minimum atomic E-state index is -0.492. The Labute approximate surface area is 173 Å². The summed E-state index contributed by atoms with van der Waals surface area (Å²) in [7, 11) is 0. The van der Waals surface area contributed by atoms with Crippen molar-refractivity contribution in [1.82, 2.24) is 29.7 Å². The third-order valence-corrected chi connectivity index (χ3v) is 5.80. The molecule has 0 spiro atoms. The highest BCUT2D eigenvalue weighted by Crippen LogP contribution is 2.39. The molecule has 1 aromatic carbocycles. The predicted molar refractivity (Wildman–Crippen MR) is 108 cm³/mol. The van der Waals surface area contributed by atoms with Crippen molar-refractivity contribution in [2.75, 3.05) is 13.1 Å². The Morgan fingerprint density at radius 1 is 1.14 bits per heavy atom.